The highest BCUT2D eigenvalue weighted by Gasteiger charge is 2.50. The number of para-hydroxylation sites is 1. The maximum absolute atomic E-state index is 13.2. The van der Waals surface area contributed by atoms with Crippen LogP contribution in [0.1, 0.15) is 42.4 Å². The number of anilines is 1. The number of piperazine rings is 1. The van der Waals surface area contributed by atoms with Crippen LogP contribution in [0.15, 0.2) is 78.9 Å². The molecule has 1 saturated heterocycles. The molecular weight excluding hydrogens is 512 g/mol. The number of primary amides is 1. The number of aryl methyl sites for hydroxylation is 1. The van der Waals surface area contributed by atoms with Crippen LogP contribution in [0.3, 0.4) is 0 Å². The number of aliphatic carboxylic acids is 1. The molecule has 3 aromatic carbocycles. The van der Waals surface area contributed by atoms with Gasteiger partial charge in [-0.15, -0.1) is 0 Å². The van der Waals surface area contributed by atoms with E-state index in [-0.39, 0.29) is 12.3 Å². The highest BCUT2D eigenvalue weighted by Crippen LogP contribution is 2.53. The van der Waals surface area contributed by atoms with E-state index in [4.69, 9.17) is 10.7 Å². The van der Waals surface area contributed by atoms with Crippen LogP contribution in [-0.2, 0) is 21.4 Å². The van der Waals surface area contributed by atoms with Crippen LogP contribution in [0.25, 0.3) is 22.0 Å². The molecule has 1 atom stereocenters. The molecule has 1 fully saturated rings. The zero-order valence-corrected chi connectivity index (χ0v) is 23.3. The molecule has 0 radical (unpaired) electrons. The third kappa shape index (κ3) is 5.06. The van der Waals surface area contributed by atoms with Gasteiger partial charge < -0.3 is 15.7 Å². The van der Waals surface area contributed by atoms with Crippen LogP contribution in [0, 0.1) is 0 Å². The normalized spacial score (nSPS) is 18.3. The zero-order valence-electron chi connectivity index (χ0n) is 23.3. The van der Waals surface area contributed by atoms with Gasteiger partial charge in [-0.2, -0.15) is 0 Å². The Balaban J connectivity index is 1.13. The molecule has 1 aliphatic carbocycles. The van der Waals surface area contributed by atoms with Gasteiger partial charge in [-0.05, 0) is 71.8 Å². The molecule has 41 heavy (non-hydrogen) atoms. The average Bonchev–Trinajstić information content (AvgIpc) is 3.30. The molecule has 2 aliphatic rings. The molecule has 1 aliphatic heterocycles. The highest BCUT2D eigenvalue weighted by atomic mass is 16.4. The van der Waals surface area contributed by atoms with Gasteiger partial charge in [-0.1, -0.05) is 67.1 Å². The smallest absolute Gasteiger partial charge is 0.318 e. The Morgan fingerprint density at radius 3 is 2.41 bits per heavy atom. The van der Waals surface area contributed by atoms with Crippen LogP contribution in [0.2, 0.25) is 0 Å². The van der Waals surface area contributed by atoms with E-state index < -0.39 is 11.4 Å². The van der Waals surface area contributed by atoms with Crippen LogP contribution in [0.4, 0.5) is 5.82 Å². The Kier molecular flexibility index (Phi) is 7.45. The maximum Gasteiger partial charge on any atom is 0.318 e. The quantitative estimate of drug-likeness (QED) is 0.271. The van der Waals surface area contributed by atoms with E-state index in [2.05, 4.69) is 34.1 Å². The summed E-state index contributed by atoms with van der Waals surface area (Å²) in [7, 11) is 0. The first-order valence-corrected chi connectivity index (χ1v) is 14.5. The summed E-state index contributed by atoms with van der Waals surface area (Å²) in [4.78, 5) is 34.5. The predicted octanol–water partition coefficient (Wildman–Crippen LogP) is 5.00. The minimum Gasteiger partial charge on any atom is -0.480 e. The fraction of sp³-hybridized carbons (Fsp3) is 0.324. The van der Waals surface area contributed by atoms with E-state index in [1.807, 2.05) is 54.6 Å². The number of carboxylic acid groups (broad SMARTS) is 1. The van der Waals surface area contributed by atoms with Gasteiger partial charge in [0.1, 0.15) is 11.2 Å². The van der Waals surface area contributed by atoms with Crippen LogP contribution < -0.4 is 10.6 Å². The number of carbonyl (C=O) groups excluding carboxylic acids is 1. The Morgan fingerprint density at radius 1 is 0.854 bits per heavy atom. The molecule has 1 aromatic heterocycles. The standard InChI is InChI=1S/C34H36N4O3/c35-30(39)16-14-25-9-7-11-27-26-10-2-3-12-28(26)34(32(25)27,33(40)41)18-5-6-19-37-20-22-38(23-21-37)31-17-15-24-8-1-4-13-29(24)36-31/h1-4,7-13,15,17H,5-6,14,16,18-23H2,(H2,35,39)(H,40,41). The van der Waals surface area contributed by atoms with Gasteiger partial charge >= 0.3 is 5.97 Å². The Bertz CT molecular complexity index is 1590. The van der Waals surface area contributed by atoms with E-state index in [0.29, 0.717) is 12.8 Å². The van der Waals surface area contributed by atoms with Gasteiger partial charge in [0.05, 0.1) is 5.52 Å². The number of nitrogens with two attached hydrogens (primary N) is 1. The molecule has 1 amide bonds. The summed E-state index contributed by atoms with van der Waals surface area (Å²) in [6, 6.07) is 26.2. The van der Waals surface area contributed by atoms with Crippen molar-refractivity contribution < 1.29 is 14.7 Å². The van der Waals surface area contributed by atoms with Crippen molar-refractivity contribution >= 4 is 28.6 Å². The van der Waals surface area contributed by atoms with E-state index in [9.17, 15) is 14.7 Å². The molecule has 2 heterocycles. The number of carboxylic acids is 1. The van der Waals surface area contributed by atoms with Gasteiger partial charge in [0.15, 0.2) is 0 Å². The van der Waals surface area contributed by atoms with E-state index in [1.54, 1.807) is 0 Å². The maximum atomic E-state index is 13.2. The number of carbonyl (C=O) groups is 2. The topological polar surface area (TPSA) is 99.8 Å². The Hall–Kier alpha value is -4.23. The fourth-order valence-corrected chi connectivity index (χ4v) is 6.77. The second-order valence-electron chi connectivity index (χ2n) is 11.2. The molecule has 0 spiro atoms. The lowest BCUT2D eigenvalue weighted by atomic mass is 9.72. The third-order valence-electron chi connectivity index (χ3n) is 8.82. The van der Waals surface area contributed by atoms with E-state index in [0.717, 1.165) is 90.1 Å². The first kappa shape index (κ1) is 27.0. The Labute approximate surface area is 240 Å². The molecule has 1 unspecified atom stereocenters. The SMILES string of the molecule is NC(=O)CCc1cccc2c1C(CCCCN1CCN(c3ccc4ccccc4n3)CC1)(C(=O)O)c1ccccc1-2. The van der Waals surface area contributed by atoms with Crippen LogP contribution in [0.5, 0.6) is 0 Å². The summed E-state index contributed by atoms with van der Waals surface area (Å²) in [5.41, 5.74) is 9.89. The van der Waals surface area contributed by atoms with Crippen molar-refractivity contribution in [2.45, 2.75) is 37.5 Å². The number of fused-ring (bicyclic) bond motifs is 4. The first-order chi connectivity index (χ1) is 20.0. The summed E-state index contributed by atoms with van der Waals surface area (Å²) in [5.74, 6) is -0.181. The summed E-state index contributed by atoms with van der Waals surface area (Å²) in [5, 5.41) is 12.0. The first-order valence-electron chi connectivity index (χ1n) is 14.5. The summed E-state index contributed by atoms with van der Waals surface area (Å²) < 4.78 is 0. The number of hydrogen-bond donors (Lipinski definition) is 2. The highest BCUT2D eigenvalue weighted by molar-refractivity contribution is 5.98. The van der Waals surface area contributed by atoms with Crippen molar-refractivity contribution in [2.75, 3.05) is 37.6 Å². The van der Waals surface area contributed by atoms with Gasteiger partial charge in [0.2, 0.25) is 5.91 Å². The van der Waals surface area contributed by atoms with Crippen LogP contribution >= 0.6 is 0 Å². The molecule has 0 saturated carbocycles. The van der Waals surface area contributed by atoms with Gasteiger partial charge in [0, 0.05) is 38.0 Å². The second-order valence-corrected chi connectivity index (χ2v) is 11.2. The van der Waals surface area contributed by atoms with Crippen molar-refractivity contribution in [3.8, 4) is 11.1 Å². The number of rotatable bonds is 10. The molecule has 6 rings (SSSR count). The van der Waals surface area contributed by atoms with Crippen molar-refractivity contribution in [2.24, 2.45) is 5.73 Å². The lowest BCUT2D eigenvalue weighted by molar-refractivity contribution is -0.142. The van der Waals surface area contributed by atoms with E-state index in [1.165, 1.54) is 0 Å². The summed E-state index contributed by atoms with van der Waals surface area (Å²) >= 11 is 0. The summed E-state index contributed by atoms with van der Waals surface area (Å²) in [6.07, 6.45) is 2.86. The third-order valence-corrected chi connectivity index (χ3v) is 8.82. The Morgan fingerprint density at radius 2 is 1.61 bits per heavy atom. The number of pyridine rings is 1. The zero-order chi connectivity index (χ0) is 28.4. The van der Waals surface area contributed by atoms with Gasteiger partial charge in [0.25, 0.3) is 0 Å². The number of hydrogen-bond acceptors (Lipinski definition) is 5. The molecule has 7 heteroatoms. The van der Waals surface area contributed by atoms with Crippen molar-refractivity contribution in [1.29, 1.82) is 0 Å². The van der Waals surface area contributed by atoms with Crippen molar-refractivity contribution in [1.82, 2.24) is 9.88 Å². The molecule has 0 bridgehead atoms. The largest absolute Gasteiger partial charge is 0.480 e. The molecule has 210 valence electrons. The number of unbranched alkanes of at least 4 members (excludes halogenated alkanes) is 1. The number of benzene rings is 3. The number of amides is 1. The minimum absolute atomic E-state index is 0.198. The number of aromatic nitrogens is 1. The lowest BCUT2D eigenvalue weighted by Crippen LogP contribution is -2.47. The molecular formula is C34H36N4O3. The molecule has 4 aromatic rings. The number of nitrogens with zero attached hydrogens (tertiary/aromatic N) is 3. The van der Waals surface area contributed by atoms with Gasteiger partial charge in [-0.25, -0.2) is 4.98 Å². The van der Waals surface area contributed by atoms with Gasteiger partial charge in [-0.3, -0.25) is 14.5 Å². The lowest BCUT2D eigenvalue weighted by Gasteiger charge is -2.35. The average molecular weight is 549 g/mol. The summed E-state index contributed by atoms with van der Waals surface area (Å²) in [6.45, 7) is 4.71. The van der Waals surface area contributed by atoms with Crippen molar-refractivity contribution in [3.63, 3.8) is 0 Å². The van der Waals surface area contributed by atoms with Crippen molar-refractivity contribution in [3.05, 3.63) is 95.6 Å². The van der Waals surface area contributed by atoms with Crippen LogP contribution in [-0.4, -0.2) is 59.6 Å². The predicted molar refractivity (Wildman–Crippen MR) is 162 cm³/mol. The monoisotopic (exact) mass is 548 g/mol. The van der Waals surface area contributed by atoms with E-state index >= 15 is 0 Å². The second kappa shape index (κ2) is 11.3. The molecule has 7 nitrogen and oxygen atoms in total. The molecule has 3 N–H and O–H groups in total. The fourth-order valence-electron chi connectivity index (χ4n) is 6.77. The minimum atomic E-state index is -1.12.